The predicted molar refractivity (Wildman–Crippen MR) is 219 cm³/mol. The first-order chi connectivity index (χ1) is 28.1. The summed E-state index contributed by atoms with van der Waals surface area (Å²) >= 11 is 0. The molecule has 5 amide bonds. The number of amides is 5. The highest BCUT2D eigenvalue weighted by Crippen LogP contribution is 2.37. The molecule has 58 heavy (non-hydrogen) atoms. The number of imide groups is 2. The van der Waals surface area contributed by atoms with Crippen molar-refractivity contribution in [3.05, 3.63) is 113 Å². The molecule has 3 heterocycles. The summed E-state index contributed by atoms with van der Waals surface area (Å²) in [4.78, 5) is 80.1. The number of imidazole rings is 1. The van der Waals surface area contributed by atoms with E-state index in [0.717, 1.165) is 36.6 Å². The third-order valence-electron chi connectivity index (χ3n) is 10.5. The number of unbranched alkanes of at least 4 members (excludes halogenated alkanes) is 1. The third-order valence-corrected chi connectivity index (χ3v) is 10.5. The number of rotatable bonds is 13. The SMILES string of the molecule is CNC(=O)N(C(=O)c1ccc(-c2cccc3[nH]c(CN4C(=O)c5ccccc5C4=O)nc23)c(OC)c1)c1ccc(C)cc1OCCCCC(=C=O)N1CCN(C)CC1. The van der Waals surface area contributed by atoms with E-state index in [4.69, 9.17) is 14.5 Å². The van der Waals surface area contributed by atoms with Crippen molar-refractivity contribution in [1.29, 1.82) is 0 Å². The average molecular weight is 784 g/mol. The second kappa shape index (κ2) is 17.2. The maximum atomic E-state index is 14.3. The topological polar surface area (TPSA) is 157 Å². The van der Waals surface area contributed by atoms with E-state index in [1.807, 2.05) is 25.1 Å². The van der Waals surface area contributed by atoms with Crippen LogP contribution in [-0.2, 0) is 11.3 Å². The number of para-hydroxylation sites is 1. The number of hydrogen-bond donors (Lipinski definition) is 2. The average Bonchev–Trinajstić information content (AvgIpc) is 3.77. The fraction of sp³-hybridized carbons (Fsp3) is 0.295. The minimum absolute atomic E-state index is 0.0412. The van der Waals surface area contributed by atoms with E-state index >= 15 is 0 Å². The number of anilines is 1. The second-order valence-electron chi connectivity index (χ2n) is 14.4. The second-order valence-corrected chi connectivity index (χ2v) is 14.4. The lowest BCUT2D eigenvalue weighted by molar-refractivity contribution is 0.0638. The highest BCUT2D eigenvalue weighted by Gasteiger charge is 2.36. The number of allylic oxidation sites excluding steroid dienone is 1. The molecule has 4 aromatic carbocycles. The first-order valence-electron chi connectivity index (χ1n) is 19.2. The Morgan fingerprint density at radius 2 is 1.60 bits per heavy atom. The fourth-order valence-electron chi connectivity index (χ4n) is 7.35. The minimum Gasteiger partial charge on any atom is -0.496 e. The molecule has 0 spiro atoms. The van der Waals surface area contributed by atoms with Gasteiger partial charge in [-0.25, -0.2) is 19.5 Å². The number of aromatic amines is 1. The normalized spacial score (nSPS) is 14.0. The minimum atomic E-state index is -0.651. The number of urea groups is 1. The number of fused-ring (bicyclic) bond motifs is 2. The molecule has 298 valence electrons. The molecule has 1 fully saturated rings. The maximum Gasteiger partial charge on any atom is 0.328 e. The molecule has 7 rings (SSSR count). The van der Waals surface area contributed by atoms with Gasteiger partial charge in [0, 0.05) is 49.9 Å². The van der Waals surface area contributed by atoms with Crippen LogP contribution < -0.4 is 19.7 Å². The summed E-state index contributed by atoms with van der Waals surface area (Å²) in [5, 5.41) is 2.58. The van der Waals surface area contributed by atoms with E-state index in [2.05, 4.69) is 33.1 Å². The molecule has 0 saturated carbocycles. The van der Waals surface area contributed by atoms with Crippen LogP contribution in [0.15, 0.2) is 84.6 Å². The van der Waals surface area contributed by atoms with Crippen molar-refractivity contribution in [1.82, 2.24) is 30.0 Å². The quantitative estimate of drug-likeness (QED) is 0.0845. The summed E-state index contributed by atoms with van der Waals surface area (Å²) in [6, 6.07) is 21.8. The number of hydrogen-bond acceptors (Lipinski definition) is 10. The molecule has 0 aliphatic carbocycles. The van der Waals surface area contributed by atoms with Gasteiger partial charge in [-0.05, 0) is 87.3 Å². The monoisotopic (exact) mass is 783 g/mol. The number of carbonyl (C=O) groups excluding carboxylic acids is 5. The number of likely N-dealkylation sites (N-methyl/N-ethyl adjacent to an activating group) is 1. The summed E-state index contributed by atoms with van der Waals surface area (Å²) in [6.07, 6.45) is 1.94. The Bertz CT molecular complexity index is 2410. The number of piperazine rings is 1. The zero-order valence-corrected chi connectivity index (χ0v) is 33.0. The number of ether oxygens (including phenoxy) is 2. The number of methoxy groups -OCH3 is 1. The molecule has 0 unspecified atom stereocenters. The van der Waals surface area contributed by atoms with Gasteiger partial charge in [0.15, 0.2) is 0 Å². The zero-order valence-electron chi connectivity index (χ0n) is 33.0. The van der Waals surface area contributed by atoms with Gasteiger partial charge in [0.1, 0.15) is 23.3 Å². The molecular weight excluding hydrogens is 739 g/mol. The molecule has 14 nitrogen and oxygen atoms in total. The van der Waals surface area contributed by atoms with Gasteiger partial charge in [0.2, 0.25) is 0 Å². The van der Waals surface area contributed by atoms with E-state index in [0.29, 0.717) is 82.2 Å². The summed E-state index contributed by atoms with van der Waals surface area (Å²) in [5.74, 6) is 1.92. The number of nitrogens with one attached hydrogen (secondary N) is 2. The van der Waals surface area contributed by atoms with E-state index in [-0.39, 0.29) is 29.6 Å². The molecule has 2 N–H and O–H groups in total. The Labute approximate surface area is 336 Å². The van der Waals surface area contributed by atoms with Crippen LogP contribution in [-0.4, -0.2) is 108 Å². The number of H-pyrrole nitrogens is 1. The van der Waals surface area contributed by atoms with Crippen molar-refractivity contribution < 1.29 is 33.4 Å². The molecular formula is C44H45N7O7. The standard InChI is InChI=1S/C44H45N7O7/c1-28-15-18-36(38(24-28)58-23-8-7-10-30(27-52)49-21-19-48(3)20-22-49)51(44(56)45-2)41(53)29-16-17-31(37(25-29)57-4)32-13-9-14-35-40(32)47-39(46-35)26-50-42(54)33-11-5-6-12-34(33)43(50)55/h5-6,9,11-18,24-25H,7-8,10,19-23,26H2,1-4H3,(H,45,56)(H,46,47). The highest BCUT2D eigenvalue weighted by atomic mass is 16.5. The lowest BCUT2D eigenvalue weighted by Gasteiger charge is -2.34. The van der Waals surface area contributed by atoms with Crippen LogP contribution >= 0.6 is 0 Å². The molecule has 2 aliphatic rings. The number of carbonyl (C=O) groups is 4. The number of nitrogens with zero attached hydrogens (tertiary/aromatic N) is 5. The third kappa shape index (κ3) is 7.93. The van der Waals surface area contributed by atoms with Crippen molar-refractivity contribution in [2.45, 2.75) is 32.7 Å². The predicted octanol–water partition coefficient (Wildman–Crippen LogP) is 5.84. The molecule has 0 radical (unpaired) electrons. The highest BCUT2D eigenvalue weighted by molar-refractivity contribution is 6.22. The Morgan fingerprint density at radius 1 is 0.879 bits per heavy atom. The van der Waals surface area contributed by atoms with Crippen LogP contribution in [0, 0.1) is 6.92 Å². The molecule has 0 bridgehead atoms. The van der Waals surface area contributed by atoms with Crippen LogP contribution in [0.5, 0.6) is 11.5 Å². The van der Waals surface area contributed by atoms with Gasteiger partial charge in [-0.3, -0.25) is 19.3 Å². The van der Waals surface area contributed by atoms with Crippen LogP contribution in [0.1, 0.15) is 61.7 Å². The van der Waals surface area contributed by atoms with Crippen molar-refractivity contribution in [2.75, 3.05) is 58.9 Å². The largest absolute Gasteiger partial charge is 0.496 e. The van der Waals surface area contributed by atoms with E-state index in [9.17, 15) is 24.0 Å². The lowest BCUT2D eigenvalue weighted by Crippen LogP contribution is -2.44. The Morgan fingerprint density at radius 3 is 2.29 bits per heavy atom. The van der Waals surface area contributed by atoms with Crippen molar-refractivity contribution >= 4 is 46.4 Å². The van der Waals surface area contributed by atoms with Crippen LogP contribution in [0.25, 0.3) is 22.2 Å². The van der Waals surface area contributed by atoms with Gasteiger partial charge in [-0.1, -0.05) is 30.3 Å². The van der Waals surface area contributed by atoms with E-state index < -0.39 is 11.9 Å². The summed E-state index contributed by atoms with van der Waals surface area (Å²) in [6.45, 7) is 5.56. The first kappa shape index (κ1) is 39.5. The molecule has 1 aromatic heterocycles. The van der Waals surface area contributed by atoms with Crippen molar-refractivity contribution in [2.24, 2.45) is 0 Å². The fourth-order valence-corrected chi connectivity index (χ4v) is 7.35. The van der Waals surface area contributed by atoms with Gasteiger partial charge in [0.25, 0.3) is 17.7 Å². The van der Waals surface area contributed by atoms with E-state index in [1.165, 1.54) is 19.1 Å². The number of benzene rings is 4. The first-order valence-corrected chi connectivity index (χ1v) is 19.2. The molecule has 2 aliphatic heterocycles. The van der Waals surface area contributed by atoms with Gasteiger partial charge in [-0.15, -0.1) is 0 Å². The number of aryl methyl sites for hydroxylation is 1. The summed E-state index contributed by atoms with van der Waals surface area (Å²) in [7, 11) is 5.01. The summed E-state index contributed by atoms with van der Waals surface area (Å²) < 4.78 is 12.0. The van der Waals surface area contributed by atoms with Crippen molar-refractivity contribution in [3.8, 4) is 22.6 Å². The van der Waals surface area contributed by atoms with E-state index in [1.54, 1.807) is 60.7 Å². The van der Waals surface area contributed by atoms with Crippen LogP contribution in [0.2, 0.25) is 0 Å². The van der Waals surface area contributed by atoms with Gasteiger partial charge >= 0.3 is 6.03 Å². The summed E-state index contributed by atoms with van der Waals surface area (Å²) in [5.41, 5.74) is 5.33. The number of aromatic nitrogens is 2. The molecule has 5 aromatic rings. The maximum absolute atomic E-state index is 14.3. The Balaban J connectivity index is 1.09. The van der Waals surface area contributed by atoms with Gasteiger partial charge < -0.3 is 29.6 Å². The van der Waals surface area contributed by atoms with Crippen LogP contribution in [0.4, 0.5) is 10.5 Å². The van der Waals surface area contributed by atoms with Crippen LogP contribution in [0.3, 0.4) is 0 Å². The smallest absolute Gasteiger partial charge is 0.328 e. The molecule has 1 saturated heterocycles. The Kier molecular flexibility index (Phi) is 11.7. The van der Waals surface area contributed by atoms with Gasteiger partial charge in [0.05, 0.1) is 53.8 Å². The Hall–Kier alpha value is -6.76. The molecule has 14 heteroatoms. The molecule has 0 atom stereocenters. The van der Waals surface area contributed by atoms with Crippen molar-refractivity contribution in [3.63, 3.8) is 0 Å². The zero-order chi connectivity index (χ0) is 40.9. The lowest BCUT2D eigenvalue weighted by atomic mass is 10.0. The van der Waals surface area contributed by atoms with Gasteiger partial charge in [-0.2, -0.15) is 0 Å².